The molecule has 2 fully saturated rings. The number of hydrogen-bond acceptors (Lipinski definition) is 3. The first-order chi connectivity index (χ1) is 10.2. The molecule has 0 aromatic heterocycles. The molecule has 1 aliphatic carbocycles. The molecule has 1 aromatic rings. The molecule has 3 rings (SSSR count). The van der Waals surface area contributed by atoms with E-state index in [1.165, 1.54) is 32.1 Å². The van der Waals surface area contributed by atoms with Crippen LogP contribution in [0.1, 0.15) is 42.5 Å². The van der Waals surface area contributed by atoms with E-state index in [-0.39, 0.29) is 5.91 Å². The van der Waals surface area contributed by atoms with Crippen LogP contribution in [-0.4, -0.2) is 26.0 Å². The highest BCUT2D eigenvalue weighted by atomic mass is 16.1. The van der Waals surface area contributed by atoms with Crippen LogP contribution in [0.4, 0.5) is 11.4 Å². The van der Waals surface area contributed by atoms with Crippen LogP contribution in [0.25, 0.3) is 0 Å². The summed E-state index contributed by atoms with van der Waals surface area (Å²) >= 11 is 0. The SMILES string of the molecule is CNC(=O)c1ccc(N)c(N2CCC3CCCCC3C2)c1. The summed E-state index contributed by atoms with van der Waals surface area (Å²) in [6, 6.07) is 5.59. The topological polar surface area (TPSA) is 58.4 Å². The Balaban J connectivity index is 1.81. The Hall–Kier alpha value is -1.71. The van der Waals surface area contributed by atoms with E-state index in [0.717, 1.165) is 36.3 Å². The number of fused-ring (bicyclic) bond motifs is 1. The number of benzene rings is 1. The van der Waals surface area contributed by atoms with E-state index in [4.69, 9.17) is 5.73 Å². The van der Waals surface area contributed by atoms with Gasteiger partial charge in [0.2, 0.25) is 0 Å². The van der Waals surface area contributed by atoms with Crippen molar-refractivity contribution in [2.24, 2.45) is 11.8 Å². The molecule has 4 nitrogen and oxygen atoms in total. The first-order valence-electron chi connectivity index (χ1n) is 8.05. The van der Waals surface area contributed by atoms with Crippen LogP contribution in [0.3, 0.4) is 0 Å². The Morgan fingerprint density at radius 2 is 2.00 bits per heavy atom. The van der Waals surface area contributed by atoms with E-state index in [0.29, 0.717) is 5.56 Å². The van der Waals surface area contributed by atoms with Gasteiger partial charge in [0, 0.05) is 25.7 Å². The van der Waals surface area contributed by atoms with Crippen LogP contribution >= 0.6 is 0 Å². The Morgan fingerprint density at radius 3 is 2.76 bits per heavy atom. The number of carbonyl (C=O) groups excluding carboxylic acids is 1. The minimum Gasteiger partial charge on any atom is -0.397 e. The number of nitrogen functional groups attached to an aromatic ring is 1. The monoisotopic (exact) mass is 287 g/mol. The largest absolute Gasteiger partial charge is 0.397 e. The lowest BCUT2D eigenvalue weighted by atomic mass is 9.75. The summed E-state index contributed by atoms with van der Waals surface area (Å²) in [5.41, 5.74) is 8.65. The fraction of sp³-hybridized carbons (Fsp3) is 0.588. The molecule has 0 bridgehead atoms. The minimum atomic E-state index is -0.0520. The smallest absolute Gasteiger partial charge is 0.251 e. The van der Waals surface area contributed by atoms with Gasteiger partial charge in [0.25, 0.3) is 5.91 Å². The van der Waals surface area contributed by atoms with Crippen molar-refractivity contribution in [1.29, 1.82) is 0 Å². The Morgan fingerprint density at radius 1 is 1.24 bits per heavy atom. The summed E-state index contributed by atoms with van der Waals surface area (Å²) in [7, 11) is 1.66. The van der Waals surface area contributed by atoms with Crippen molar-refractivity contribution in [3.05, 3.63) is 23.8 Å². The van der Waals surface area contributed by atoms with Gasteiger partial charge in [-0.05, 0) is 42.9 Å². The first kappa shape index (κ1) is 14.2. The second-order valence-electron chi connectivity index (χ2n) is 6.39. The predicted octanol–water partition coefficient (Wildman–Crippen LogP) is 2.64. The predicted molar refractivity (Wildman–Crippen MR) is 86.5 cm³/mol. The lowest BCUT2D eigenvalue weighted by Gasteiger charge is -2.42. The summed E-state index contributed by atoms with van der Waals surface area (Å²) in [6.45, 7) is 2.15. The van der Waals surface area contributed by atoms with Crippen LogP contribution in [-0.2, 0) is 0 Å². The van der Waals surface area contributed by atoms with Crippen molar-refractivity contribution in [3.63, 3.8) is 0 Å². The molecule has 0 spiro atoms. The van der Waals surface area contributed by atoms with Crippen LogP contribution < -0.4 is 16.0 Å². The van der Waals surface area contributed by atoms with Crippen molar-refractivity contribution < 1.29 is 4.79 Å². The quantitative estimate of drug-likeness (QED) is 0.822. The van der Waals surface area contributed by atoms with Gasteiger partial charge in [-0.1, -0.05) is 19.3 Å². The molecule has 21 heavy (non-hydrogen) atoms. The number of hydrogen-bond donors (Lipinski definition) is 2. The third-order valence-electron chi connectivity index (χ3n) is 5.15. The fourth-order valence-electron chi connectivity index (χ4n) is 3.92. The highest BCUT2D eigenvalue weighted by Crippen LogP contribution is 2.38. The second kappa shape index (κ2) is 5.96. The molecule has 1 saturated heterocycles. The summed E-state index contributed by atoms with van der Waals surface area (Å²) in [5, 5.41) is 2.68. The van der Waals surface area contributed by atoms with Gasteiger partial charge in [0.1, 0.15) is 0 Å². The van der Waals surface area contributed by atoms with Gasteiger partial charge >= 0.3 is 0 Å². The van der Waals surface area contributed by atoms with Crippen molar-refractivity contribution in [2.45, 2.75) is 32.1 Å². The number of carbonyl (C=O) groups is 1. The third-order valence-corrected chi connectivity index (χ3v) is 5.15. The Kier molecular flexibility index (Phi) is 4.04. The van der Waals surface area contributed by atoms with E-state index >= 15 is 0 Å². The van der Waals surface area contributed by atoms with E-state index in [9.17, 15) is 4.79 Å². The standard InChI is InChI=1S/C17H25N3O/c1-19-17(21)13-6-7-15(18)16(10-13)20-9-8-12-4-2-3-5-14(12)11-20/h6-7,10,12,14H,2-5,8-9,11,18H2,1H3,(H,19,21). The Labute approximate surface area is 126 Å². The number of nitrogens with zero attached hydrogens (tertiary/aromatic N) is 1. The zero-order valence-corrected chi connectivity index (χ0v) is 12.8. The minimum absolute atomic E-state index is 0.0520. The normalized spacial score (nSPS) is 25.3. The molecule has 3 N–H and O–H groups in total. The highest BCUT2D eigenvalue weighted by Gasteiger charge is 2.31. The third kappa shape index (κ3) is 2.85. The maximum atomic E-state index is 11.8. The lowest BCUT2D eigenvalue weighted by molar-refractivity contribution is 0.0963. The van der Waals surface area contributed by atoms with Crippen molar-refractivity contribution in [2.75, 3.05) is 30.8 Å². The average molecular weight is 287 g/mol. The molecule has 1 aromatic carbocycles. The molecule has 114 valence electrons. The van der Waals surface area contributed by atoms with Crippen molar-refractivity contribution >= 4 is 17.3 Å². The van der Waals surface area contributed by atoms with Gasteiger partial charge in [0.15, 0.2) is 0 Å². The van der Waals surface area contributed by atoms with Crippen LogP contribution in [0.5, 0.6) is 0 Å². The van der Waals surface area contributed by atoms with Crippen LogP contribution in [0, 0.1) is 11.8 Å². The van der Waals surface area contributed by atoms with Gasteiger partial charge < -0.3 is 16.0 Å². The molecule has 2 atom stereocenters. The van der Waals surface area contributed by atoms with Gasteiger partial charge in [-0.25, -0.2) is 0 Å². The summed E-state index contributed by atoms with van der Waals surface area (Å²) < 4.78 is 0. The molecule has 1 amide bonds. The highest BCUT2D eigenvalue weighted by molar-refractivity contribution is 5.96. The van der Waals surface area contributed by atoms with E-state index in [1.807, 2.05) is 12.1 Å². The molecule has 1 heterocycles. The maximum Gasteiger partial charge on any atom is 0.251 e. The maximum absolute atomic E-state index is 11.8. The summed E-state index contributed by atoms with van der Waals surface area (Å²) in [5.74, 6) is 1.65. The summed E-state index contributed by atoms with van der Waals surface area (Å²) in [4.78, 5) is 14.2. The molecule has 0 radical (unpaired) electrons. The van der Waals surface area contributed by atoms with Crippen molar-refractivity contribution in [3.8, 4) is 0 Å². The second-order valence-corrected chi connectivity index (χ2v) is 6.39. The average Bonchev–Trinajstić information content (AvgIpc) is 2.54. The van der Waals surface area contributed by atoms with Crippen LogP contribution in [0.15, 0.2) is 18.2 Å². The van der Waals surface area contributed by atoms with Gasteiger partial charge in [0.05, 0.1) is 11.4 Å². The number of nitrogens with one attached hydrogen (secondary N) is 1. The molecule has 1 saturated carbocycles. The van der Waals surface area contributed by atoms with Crippen LogP contribution in [0.2, 0.25) is 0 Å². The van der Waals surface area contributed by atoms with E-state index < -0.39 is 0 Å². The van der Waals surface area contributed by atoms with Crippen molar-refractivity contribution in [1.82, 2.24) is 5.32 Å². The number of nitrogens with two attached hydrogens (primary N) is 1. The van der Waals surface area contributed by atoms with E-state index in [2.05, 4.69) is 10.2 Å². The summed E-state index contributed by atoms with van der Waals surface area (Å²) in [6.07, 6.45) is 6.76. The number of piperidine rings is 1. The Bertz CT molecular complexity index is 529. The zero-order chi connectivity index (χ0) is 14.8. The number of amides is 1. The number of rotatable bonds is 2. The van der Waals surface area contributed by atoms with E-state index in [1.54, 1.807) is 13.1 Å². The molecular weight excluding hydrogens is 262 g/mol. The fourth-order valence-corrected chi connectivity index (χ4v) is 3.92. The van der Waals surface area contributed by atoms with Gasteiger partial charge in [-0.3, -0.25) is 4.79 Å². The molecule has 1 aliphatic heterocycles. The molecular formula is C17H25N3O. The molecule has 2 unspecified atom stereocenters. The first-order valence-corrected chi connectivity index (χ1v) is 8.05. The van der Waals surface area contributed by atoms with Gasteiger partial charge in [-0.15, -0.1) is 0 Å². The number of anilines is 2. The van der Waals surface area contributed by atoms with Gasteiger partial charge in [-0.2, -0.15) is 0 Å². The molecule has 2 aliphatic rings. The molecule has 4 heteroatoms. The zero-order valence-electron chi connectivity index (χ0n) is 12.8. The lowest BCUT2D eigenvalue weighted by Crippen LogP contribution is -2.42.